The molecule has 0 aliphatic heterocycles. The van der Waals surface area contributed by atoms with Gasteiger partial charge in [0, 0.05) is 13.1 Å². The third-order valence-corrected chi connectivity index (χ3v) is 1.90. The number of alkyl carbamates (subject to hydrolysis) is 1. The van der Waals surface area contributed by atoms with Gasteiger partial charge in [-0.25, -0.2) is 4.79 Å². The summed E-state index contributed by atoms with van der Waals surface area (Å²) >= 11 is 5.44. The lowest BCUT2D eigenvalue weighted by Crippen LogP contribution is -2.34. The van der Waals surface area contributed by atoms with E-state index in [4.69, 9.17) is 27.8 Å². The Morgan fingerprint density at radius 3 is 2.32 bits per heavy atom. The first kappa shape index (κ1) is 17.4. The highest BCUT2D eigenvalue weighted by molar-refractivity contribution is 6.29. The van der Waals surface area contributed by atoms with E-state index >= 15 is 0 Å². The van der Waals surface area contributed by atoms with Gasteiger partial charge in [-0.1, -0.05) is 11.6 Å². The van der Waals surface area contributed by atoms with Crippen LogP contribution in [0.3, 0.4) is 0 Å². The molecule has 0 atom stereocenters. The molecule has 0 bridgehead atoms. The number of rotatable bonds is 6. The van der Waals surface area contributed by atoms with Gasteiger partial charge in [-0.15, -0.1) is 0 Å². The fourth-order valence-corrected chi connectivity index (χ4v) is 1.12. The van der Waals surface area contributed by atoms with Crippen LogP contribution in [0.2, 0.25) is 0 Å². The summed E-state index contributed by atoms with van der Waals surface area (Å²) in [5.41, 5.74) is 10.4. The van der Waals surface area contributed by atoms with Crippen LogP contribution in [0.5, 0.6) is 0 Å². The smallest absolute Gasteiger partial charge is 0.407 e. The van der Waals surface area contributed by atoms with Gasteiger partial charge in [0.2, 0.25) is 0 Å². The molecule has 110 valence electrons. The van der Waals surface area contributed by atoms with E-state index in [0.29, 0.717) is 25.3 Å². The lowest BCUT2D eigenvalue weighted by atomic mass is 10.2. The summed E-state index contributed by atoms with van der Waals surface area (Å²) in [5.74, 6) is 0.459. The van der Waals surface area contributed by atoms with Gasteiger partial charge in [-0.2, -0.15) is 0 Å². The molecule has 0 radical (unpaired) electrons. The van der Waals surface area contributed by atoms with Crippen molar-refractivity contribution >= 4 is 17.7 Å². The SMILES string of the molecule is CC(C)(C)OC(=O)NCCCN/C(N)=C/C=C(\N)Cl. The number of nitrogens with one attached hydrogen (secondary N) is 2. The average Bonchev–Trinajstić information content (AvgIpc) is 2.23. The van der Waals surface area contributed by atoms with Gasteiger partial charge in [0.05, 0.1) is 11.0 Å². The van der Waals surface area contributed by atoms with Gasteiger partial charge in [0.15, 0.2) is 0 Å². The Morgan fingerprint density at radius 1 is 1.21 bits per heavy atom. The van der Waals surface area contributed by atoms with Gasteiger partial charge < -0.3 is 26.8 Å². The van der Waals surface area contributed by atoms with Crippen molar-refractivity contribution in [3.8, 4) is 0 Å². The van der Waals surface area contributed by atoms with Crippen molar-refractivity contribution in [1.82, 2.24) is 10.6 Å². The molecule has 0 saturated carbocycles. The van der Waals surface area contributed by atoms with Crippen LogP contribution < -0.4 is 22.1 Å². The van der Waals surface area contributed by atoms with Gasteiger partial charge in [0.25, 0.3) is 0 Å². The predicted octanol–water partition coefficient (Wildman–Crippen LogP) is 1.33. The summed E-state index contributed by atoms with van der Waals surface area (Å²) in [6, 6.07) is 0. The maximum absolute atomic E-state index is 11.3. The Morgan fingerprint density at radius 2 is 1.79 bits per heavy atom. The second-order valence-corrected chi connectivity index (χ2v) is 5.32. The minimum Gasteiger partial charge on any atom is -0.444 e. The van der Waals surface area contributed by atoms with Crippen molar-refractivity contribution in [2.75, 3.05) is 13.1 Å². The zero-order valence-electron chi connectivity index (χ0n) is 11.6. The number of hydrogen-bond donors (Lipinski definition) is 4. The van der Waals surface area contributed by atoms with Gasteiger partial charge in [-0.3, -0.25) is 0 Å². The van der Waals surface area contributed by atoms with E-state index in [2.05, 4.69) is 10.6 Å². The lowest BCUT2D eigenvalue weighted by molar-refractivity contribution is 0.0527. The molecule has 0 spiro atoms. The first-order chi connectivity index (χ1) is 8.70. The van der Waals surface area contributed by atoms with Crippen molar-refractivity contribution in [1.29, 1.82) is 0 Å². The fraction of sp³-hybridized carbons (Fsp3) is 0.583. The molecule has 0 fully saturated rings. The van der Waals surface area contributed by atoms with E-state index < -0.39 is 11.7 Å². The molecule has 0 aliphatic carbocycles. The largest absolute Gasteiger partial charge is 0.444 e. The monoisotopic (exact) mass is 290 g/mol. The molecule has 0 aromatic carbocycles. The highest BCUT2D eigenvalue weighted by Crippen LogP contribution is 2.06. The van der Waals surface area contributed by atoms with E-state index in [9.17, 15) is 4.79 Å². The summed E-state index contributed by atoms with van der Waals surface area (Å²) < 4.78 is 5.09. The number of ether oxygens (including phenoxy) is 1. The molecule has 0 saturated heterocycles. The Kier molecular flexibility index (Phi) is 7.83. The number of carbonyl (C=O) groups is 1. The highest BCUT2D eigenvalue weighted by Gasteiger charge is 2.15. The first-order valence-corrected chi connectivity index (χ1v) is 6.37. The van der Waals surface area contributed by atoms with Crippen molar-refractivity contribution in [2.24, 2.45) is 11.5 Å². The molecule has 0 aromatic heterocycles. The number of allylic oxidation sites excluding steroid dienone is 2. The fourth-order valence-electron chi connectivity index (χ4n) is 1.05. The van der Waals surface area contributed by atoms with Gasteiger partial charge in [-0.05, 0) is 39.3 Å². The number of halogens is 1. The van der Waals surface area contributed by atoms with Crippen LogP contribution in [-0.2, 0) is 4.74 Å². The normalized spacial score (nSPS) is 13.1. The van der Waals surface area contributed by atoms with Crippen molar-refractivity contribution < 1.29 is 9.53 Å². The van der Waals surface area contributed by atoms with Gasteiger partial charge in [0.1, 0.15) is 5.60 Å². The Balaban J connectivity index is 3.69. The summed E-state index contributed by atoms with van der Waals surface area (Å²) in [6.07, 6.45) is 3.36. The Bertz CT molecular complexity index is 344. The molecule has 0 rings (SSSR count). The number of amides is 1. The summed E-state index contributed by atoms with van der Waals surface area (Å²) in [4.78, 5) is 11.3. The molecule has 1 amide bonds. The molecule has 0 aliphatic rings. The molecule has 0 aromatic rings. The first-order valence-electron chi connectivity index (χ1n) is 6.00. The van der Waals surface area contributed by atoms with Crippen LogP contribution in [0.1, 0.15) is 27.2 Å². The molecular weight excluding hydrogens is 268 g/mol. The van der Waals surface area contributed by atoms with E-state index in [-0.39, 0.29) is 5.16 Å². The lowest BCUT2D eigenvalue weighted by Gasteiger charge is -2.19. The van der Waals surface area contributed by atoms with Crippen LogP contribution >= 0.6 is 11.6 Å². The molecule has 0 unspecified atom stereocenters. The summed E-state index contributed by atoms with van der Waals surface area (Å²) in [7, 11) is 0. The average molecular weight is 291 g/mol. The summed E-state index contributed by atoms with van der Waals surface area (Å²) in [6.45, 7) is 6.57. The number of hydrogen-bond acceptors (Lipinski definition) is 5. The molecule has 0 heterocycles. The second-order valence-electron chi connectivity index (χ2n) is 4.88. The molecular formula is C12H23ClN4O2. The van der Waals surface area contributed by atoms with Crippen LogP contribution in [-0.4, -0.2) is 24.8 Å². The quantitative estimate of drug-likeness (QED) is 0.336. The minimum absolute atomic E-state index is 0.163. The van der Waals surface area contributed by atoms with Crippen LogP contribution in [0.4, 0.5) is 4.79 Å². The van der Waals surface area contributed by atoms with Crippen molar-refractivity contribution in [2.45, 2.75) is 32.8 Å². The number of carbonyl (C=O) groups excluding carboxylic acids is 1. The van der Waals surface area contributed by atoms with E-state index in [1.165, 1.54) is 6.08 Å². The maximum atomic E-state index is 11.3. The third-order valence-electron chi connectivity index (χ3n) is 1.77. The second kappa shape index (κ2) is 8.53. The molecule has 6 nitrogen and oxygen atoms in total. The van der Waals surface area contributed by atoms with Crippen molar-refractivity contribution in [3.63, 3.8) is 0 Å². The molecule has 7 heteroatoms. The summed E-state index contributed by atoms with van der Waals surface area (Å²) in [5, 5.41) is 5.76. The molecule has 6 N–H and O–H groups in total. The number of nitrogens with two attached hydrogens (primary N) is 2. The zero-order valence-corrected chi connectivity index (χ0v) is 12.4. The maximum Gasteiger partial charge on any atom is 0.407 e. The highest BCUT2D eigenvalue weighted by atomic mass is 35.5. The molecule has 19 heavy (non-hydrogen) atoms. The zero-order chi connectivity index (χ0) is 14.9. The Hall–Kier alpha value is -1.56. The van der Waals surface area contributed by atoms with Crippen LogP contribution in [0.15, 0.2) is 23.1 Å². The topological polar surface area (TPSA) is 102 Å². The Labute approximate surface area is 119 Å². The standard InChI is InChI=1S/C12H23ClN4O2/c1-12(2,3)19-11(18)17-8-4-7-16-10(15)6-5-9(13)14/h5-6,16H,4,7-8,14-15H2,1-3H3,(H,17,18)/b9-5-,10-6+. The van der Waals surface area contributed by atoms with E-state index in [0.717, 1.165) is 0 Å². The minimum atomic E-state index is -0.483. The van der Waals surface area contributed by atoms with Crippen LogP contribution in [0.25, 0.3) is 0 Å². The third kappa shape index (κ3) is 12.7. The van der Waals surface area contributed by atoms with E-state index in [1.54, 1.807) is 6.08 Å². The predicted molar refractivity (Wildman–Crippen MR) is 77.3 cm³/mol. The van der Waals surface area contributed by atoms with Crippen LogP contribution in [0, 0.1) is 0 Å². The van der Waals surface area contributed by atoms with E-state index in [1.807, 2.05) is 20.8 Å². The van der Waals surface area contributed by atoms with Crippen molar-refractivity contribution in [3.05, 3.63) is 23.1 Å². The van der Waals surface area contributed by atoms with Gasteiger partial charge >= 0.3 is 6.09 Å².